The van der Waals surface area contributed by atoms with Gasteiger partial charge in [0.15, 0.2) is 0 Å². The SMILES string of the molecule is CC(O)C#Cc1cncnc1. The predicted molar refractivity (Wildman–Crippen MR) is 40.6 cm³/mol. The Balaban J connectivity index is 2.75. The molecule has 1 N–H and O–H groups in total. The Hall–Kier alpha value is -1.40. The van der Waals surface area contributed by atoms with Gasteiger partial charge in [0.25, 0.3) is 0 Å². The number of rotatable bonds is 0. The molecule has 1 aromatic rings. The Bertz CT molecular complexity index is 271. The highest BCUT2D eigenvalue weighted by molar-refractivity contribution is 5.29. The average Bonchev–Trinajstić information content (AvgIpc) is 2.03. The van der Waals surface area contributed by atoms with Crippen molar-refractivity contribution >= 4 is 0 Å². The van der Waals surface area contributed by atoms with E-state index in [-0.39, 0.29) is 0 Å². The molecule has 3 heteroatoms. The summed E-state index contributed by atoms with van der Waals surface area (Å²) < 4.78 is 0. The fraction of sp³-hybridized carbons (Fsp3) is 0.250. The van der Waals surface area contributed by atoms with Gasteiger partial charge in [0, 0.05) is 12.4 Å². The molecule has 0 amide bonds. The lowest BCUT2D eigenvalue weighted by atomic mass is 10.3. The zero-order valence-corrected chi connectivity index (χ0v) is 6.15. The third-order valence-corrected chi connectivity index (χ3v) is 0.986. The molecule has 1 rings (SSSR count). The molecule has 0 bridgehead atoms. The van der Waals surface area contributed by atoms with Gasteiger partial charge in [0.2, 0.25) is 0 Å². The summed E-state index contributed by atoms with van der Waals surface area (Å²) in [5.41, 5.74) is 0.716. The van der Waals surface area contributed by atoms with Crippen LogP contribution in [0.3, 0.4) is 0 Å². The largest absolute Gasteiger partial charge is 0.381 e. The van der Waals surface area contributed by atoms with Gasteiger partial charge in [-0.1, -0.05) is 11.8 Å². The van der Waals surface area contributed by atoms with Crippen LogP contribution in [0.4, 0.5) is 0 Å². The topological polar surface area (TPSA) is 46.0 Å². The molecule has 0 radical (unpaired) electrons. The van der Waals surface area contributed by atoms with Crippen LogP contribution in [0.25, 0.3) is 0 Å². The minimum absolute atomic E-state index is 0.602. The van der Waals surface area contributed by atoms with E-state index in [0.717, 1.165) is 0 Å². The van der Waals surface area contributed by atoms with Crippen LogP contribution in [0.2, 0.25) is 0 Å². The summed E-state index contributed by atoms with van der Waals surface area (Å²) in [6.45, 7) is 1.61. The number of aliphatic hydroxyl groups excluding tert-OH is 1. The molecular weight excluding hydrogens is 140 g/mol. The van der Waals surface area contributed by atoms with E-state index in [4.69, 9.17) is 5.11 Å². The molecule has 11 heavy (non-hydrogen) atoms. The molecule has 0 saturated heterocycles. The van der Waals surface area contributed by atoms with Crippen molar-refractivity contribution in [2.75, 3.05) is 0 Å². The van der Waals surface area contributed by atoms with E-state index in [2.05, 4.69) is 21.8 Å². The monoisotopic (exact) mass is 148 g/mol. The summed E-state index contributed by atoms with van der Waals surface area (Å²) in [4.78, 5) is 7.53. The Labute approximate surface area is 65.1 Å². The predicted octanol–water partition coefficient (Wildman–Crippen LogP) is 0.209. The van der Waals surface area contributed by atoms with Gasteiger partial charge < -0.3 is 5.11 Å². The normalized spacial score (nSPS) is 11.5. The molecular formula is C8H8N2O. The van der Waals surface area contributed by atoms with Crippen molar-refractivity contribution in [2.45, 2.75) is 13.0 Å². The third kappa shape index (κ3) is 2.78. The van der Waals surface area contributed by atoms with Crippen LogP contribution in [0.15, 0.2) is 18.7 Å². The van der Waals surface area contributed by atoms with Gasteiger partial charge in [-0.25, -0.2) is 9.97 Å². The van der Waals surface area contributed by atoms with Gasteiger partial charge in [0.05, 0.1) is 5.56 Å². The molecule has 0 aliphatic heterocycles. The van der Waals surface area contributed by atoms with Crippen molar-refractivity contribution in [2.24, 2.45) is 0 Å². The smallest absolute Gasteiger partial charge is 0.115 e. The van der Waals surface area contributed by atoms with Crippen molar-refractivity contribution < 1.29 is 5.11 Å². The summed E-state index contributed by atoms with van der Waals surface area (Å²) in [6, 6.07) is 0. The van der Waals surface area contributed by atoms with Crippen LogP contribution in [0, 0.1) is 11.8 Å². The number of aromatic nitrogens is 2. The summed E-state index contributed by atoms with van der Waals surface area (Å²) in [5.74, 6) is 5.31. The Morgan fingerprint density at radius 1 is 1.45 bits per heavy atom. The molecule has 0 aromatic carbocycles. The maximum Gasteiger partial charge on any atom is 0.115 e. The summed E-state index contributed by atoms with van der Waals surface area (Å²) in [7, 11) is 0. The third-order valence-electron chi connectivity index (χ3n) is 0.986. The number of hydrogen-bond acceptors (Lipinski definition) is 3. The molecule has 0 aliphatic carbocycles. The van der Waals surface area contributed by atoms with Crippen molar-refractivity contribution in [1.29, 1.82) is 0 Å². The number of nitrogens with zero attached hydrogens (tertiary/aromatic N) is 2. The molecule has 0 fully saturated rings. The minimum Gasteiger partial charge on any atom is -0.381 e. The van der Waals surface area contributed by atoms with Gasteiger partial charge in [-0.3, -0.25) is 0 Å². The van der Waals surface area contributed by atoms with Crippen molar-refractivity contribution in [1.82, 2.24) is 9.97 Å². The fourth-order valence-electron chi connectivity index (χ4n) is 0.551. The maximum atomic E-state index is 8.80. The molecule has 1 unspecified atom stereocenters. The summed E-state index contributed by atoms with van der Waals surface area (Å²) in [5, 5.41) is 8.80. The first-order valence-corrected chi connectivity index (χ1v) is 3.23. The van der Waals surface area contributed by atoms with Crippen LogP contribution in [-0.2, 0) is 0 Å². The van der Waals surface area contributed by atoms with Crippen LogP contribution >= 0.6 is 0 Å². The van der Waals surface area contributed by atoms with Gasteiger partial charge in [0.1, 0.15) is 12.4 Å². The molecule has 1 heterocycles. The molecule has 0 saturated carbocycles. The zero-order chi connectivity index (χ0) is 8.10. The first-order chi connectivity index (χ1) is 5.29. The lowest BCUT2D eigenvalue weighted by Crippen LogP contribution is -1.92. The molecule has 1 atom stereocenters. The quantitative estimate of drug-likeness (QED) is 0.535. The van der Waals surface area contributed by atoms with E-state index < -0.39 is 6.10 Å². The fourth-order valence-corrected chi connectivity index (χ4v) is 0.551. The Morgan fingerprint density at radius 3 is 2.64 bits per heavy atom. The van der Waals surface area contributed by atoms with Crippen LogP contribution in [0.5, 0.6) is 0 Å². The Kier molecular flexibility index (Phi) is 2.59. The highest BCUT2D eigenvalue weighted by atomic mass is 16.3. The van der Waals surface area contributed by atoms with Gasteiger partial charge in [-0.05, 0) is 6.92 Å². The summed E-state index contributed by atoms with van der Waals surface area (Å²) in [6.07, 6.45) is 4.04. The van der Waals surface area contributed by atoms with Gasteiger partial charge in [-0.15, -0.1) is 0 Å². The second-order valence-corrected chi connectivity index (χ2v) is 2.07. The second kappa shape index (κ2) is 3.69. The first-order valence-electron chi connectivity index (χ1n) is 3.23. The summed E-state index contributed by atoms with van der Waals surface area (Å²) >= 11 is 0. The molecule has 0 spiro atoms. The lowest BCUT2D eigenvalue weighted by Gasteiger charge is -1.87. The minimum atomic E-state index is -0.602. The first kappa shape index (κ1) is 7.70. The highest BCUT2D eigenvalue weighted by Gasteiger charge is 1.85. The van der Waals surface area contributed by atoms with Crippen LogP contribution < -0.4 is 0 Å². The van der Waals surface area contributed by atoms with Gasteiger partial charge in [-0.2, -0.15) is 0 Å². The van der Waals surface area contributed by atoms with E-state index in [1.807, 2.05) is 0 Å². The van der Waals surface area contributed by atoms with Gasteiger partial charge >= 0.3 is 0 Å². The van der Waals surface area contributed by atoms with Crippen molar-refractivity contribution in [3.8, 4) is 11.8 Å². The zero-order valence-electron chi connectivity index (χ0n) is 6.15. The van der Waals surface area contributed by atoms with Crippen LogP contribution in [0.1, 0.15) is 12.5 Å². The second-order valence-electron chi connectivity index (χ2n) is 2.07. The van der Waals surface area contributed by atoms with E-state index in [0.29, 0.717) is 5.56 Å². The van der Waals surface area contributed by atoms with E-state index in [1.165, 1.54) is 6.33 Å². The van der Waals surface area contributed by atoms with E-state index >= 15 is 0 Å². The van der Waals surface area contributed by atoms with E-state index in [1.54, 1.807) is 19.3 Å². The number of aliphatic hydroxyl groups is 1. The standard InChI is InChI=1S/C8H8N2O/c1-7(11)2-3-8-4-9-6-10-5-8/h4-7,11H,1H3. The highest BCUT2D eigenvalue weighted by Crippen LogP contribution is 1.88. The van der Waals surface area contributed by atoms with E-state index in [9.17, 15) is 0 Å². The molecule has 3 nitrogen and oxygen atoms in total. The maximum absolute atomic E-state index is 8.80. The molecule has 1 aromatic heterocycles. The van der Waals surface area contributed by atoms with Crippen LogP contribution in [-0.4, -0.2) is 21.2 Å². The average molecular weight is 148 g/mol. The van der Waals surface area contributed by atoms with Crippen molar-refractivity contribution in [3.63, 3.8) is 0 Å². The molecule has 56 valence electrons. The lowest BCUT2D eigenvalue weighted by molar-refractivity contribution is 0.253. The Morgan fingerprint density at radius 2 is 2.09 bits per heavy atom. The van der Waals surface area contributed by atoms with Crippen molar-refractivity contribution in [3.05, 3.63) is 24.3 Å². The number of hydrogen-bond donors (Lipinski definition) is 1. The molecule has 0 aliphatic rings.